The fraction of sp³-hybridized carbons (Fsp3) is 0.455. The molecule has 0 aromatic heterocycles. The molecule has 4 N–H and O–H groups in total. The summed E-state index contributed by atoms with van der Waals surface area (Å²) in [5.41, 5.74) is -2.01. The number of fused-ring (bicyclic) bond motifs is 8. The Morgan fingerprint density at radius 2 is 1.93 bits per heavy atom. The van der Waals surface area contributed by atoms with Crippen molar-refractivity contribution >= 4 is 23.2 Å². The van der Waals surface area contributed by atoms with Gasteiger partial charge in [0.2, 0.25) is 0 Å². The number of ether oxygens (including phenoxy) is 3. The predicted octanol–water partition coefficient (Wildman–Crippen LogP) is 3.08. The second-order valence-corrected chi connectivity index (χ2v) is 13.0. The number of phenols is 2. The molecule has 7 atom stereocenters. The molecule has 2 aromatic carbocycles. The number of carbonyl (C=O) groups excluding carboxylic acids is 3. The van der Waals surface area contributed by atoms with E-state index in [2.05, 4.69) is 10.3 Å². The zero-order valence-corrected chi connectivity index (χ0v) is 24.5. The maximum atomic E-state index is 13.8. The van der Waals surface area contributed by atoms with E-state index >= 15 is 0 Å². The van der Waals surface area contributed by atoms with Crippen molar-refractivity contribution in [2.24, 2.45) is 4.99 Å². The van der Waals surface area contributed by atoms with E-state index in [1.54, 1.807) is 13.0 Å². The normalized spacial score (nSPS) is 36.3. The minimum atomic E-state index is -1.63. The van der Waals surface area contributed by atoms with E-state index in [9.17, 15) is 29.7 Å². The van der Waals surface area contributed by atoms with Crippen molar-refractivity contribution in [1.82, 2.24) is 5.32 Å². The van der Waals surface area contributed by atoms with Crippen LogP contribution in [-0.4, -0.2) is 74.4 Å². The number of aliphatic imine (C=N–C) groups is 1. The maximum absolute atomic E-state index is 13.8. The first-order valence-electron chi connectivity index (χ1n) is 15.0. The number of benzene rings is 2. The van der Waals surface area contributed by atoms with E-state index in [0.29, 0.717) is 24.1 Å². The third-order valence-corrected chi connectivity index (χ3v) is 10.4. The van der Waals surface area contributed by atoms with Gasteiger partial charge in [-0.25, -0.2) is 0 Å². The van der Waals surface area contributed by atoms with Crippen LogP contribution >= 0.6 is 0 Å². The van der Waals surface area contributed by atoms with Crippen molar-refractivity contribution in [3.63, 3.8) is 0 Å². The van der Waals surface area contributed by atoms with Gasteiger partial charge in [-0.15, -0.1) is 0 Å². The molecule has 44 heavy (non-hydrogen) atoms. The molecule has 1 spiro atoms. The first-order chi connectivity index (χ1) is 20.9. The van der Waals surface area contributed by atoms with E-state index in [1.807, 2.05) is 13.0 Å². The molecule has 2 bridgehead atoms. The number of phenolic OH excluding ortho intramolecular Hbond substituents is 2. The molecule has 0 saturated carbocycles. The highest BCUT2D eigenvalue weighted by atomic mass is 16.7. The summed E-state index contributed by atoms with van der Waals surface area (Å²) in [6, 6.07) is 5.88. The van der Waals surface area contributed by atoms with Crippen LogP contribution in [0, 0.1) is 0 Å². The fourth-order valence-electron chi connectivity index (χ4n) is 8.17. The van der Waals surface area contributed by atoms with E-state index < -0.39 is 52.9 Å². The van der Waals surface area contributed by atoms with Gasteiger partial charge >= 0.3 is 0 Å². The molecule has 4 aliphatic heterocycles. The molecule has 11 nitrogen and oxygen atoms in total. The summed E-state index contributed by atoms with van der Waals surface area (Å²) in [5.74, 6) is -1.89. The Labute approximate surface area is 252 Å². The number of aliphatic hydroxyl groups is 1. The van der Waals surface area contributed by atoms with E-state index in [0.717, 1.165) is 17.8 Å². The van der Waals surface area contributed by atoms with Crippen molar-refractivity contribution in [3.05, 3.63) is 69.3 Å². The van der Waals surface area contributed by atoms with Crippen LogP contribution in [0.1, 0.15) is 101 Å². The Morgan fingerprint density at radius 1 is 1.16 bits per heavy atom. The smallest absolute Gasteiger partial charge is 0.198 e. The molecule has 11 heteroatoms. The highest BCUT2D eigenvalue weighted by molar-refractivity contribution is 6.30. The molecule has 7 unspecified atom stereocenters. The average molecular weight is 601 g/mol. The van der Waals surface area contributed by atoms with Crippen LogP contribution < -0.4 is 5.32 Å². The van der Waals surface area contributed by atoms with Crippen LogP contribution in [-0.2, 0) is 19.0 Å². The molecule has 2 saturated heterocycles. The Morgan fingerprint density at radius 3 is 2.66 bits per heavy atom. The summed E-state index contributed by atoms with van der Waals surface area (Å²) in [4.78, 5) is 44.4. The molecule has 6 aliphatic rings. The van der Waals surface area contributed by atoms with Crippen LogP contribution in [0.3, 0.4) is 0 Å². The zero-order chi connectivity index (χ0) is 30.9. The van der Waals surface area contributed by atoms with Crippen molar-refractivity contribution in [2.45, 2.75) is 87.8 Å². The van der Waals surface area contributed by atoms with Gasteiger partial charge in [-0.1, -0.05) is 12.1 Å². The lowest BCUT2D eigenvalue weighted by molar-refractivity contribution is -0.280. The minimum absolute atomic E-state index is 0.0242. The molecule has 8 rings (SSSR count). The second kappa shape index (κ2) is 8.85. The van der Waals surface area contributed by atoms with Crippen LogP contribution in [0.2, 0.25) is 0 Å². The number of ketones is 3. The standard InChI is InChI=1S/C33H32N2O9/c1-14(36)32(41)9-7-22(42-15(32)2)43-29-19-11-18-25(26(38)17-5-4-6-21(37)24(17)27(18)39)28(40)23(19)20-13-31(29,3)44-33(20)12-16-8-10-34-30(16)35-33/h4-6,11-12,15,20,22,29,37,40-41H,7-10,13H2,1-3H3,(H,34,35). The van der Waals surface area contributed by atoms with Gasteiger partial charge in [0.05, 0.1) is 22.8 Å². The number of amidine groups is 1. The van der Waals surface area contributed by atoms with Gasteiger partial charge in [-0.05, 0) is 69.4 Å². The van der Waals surface area contributed by atoms with Gasteiger partial charge in [0.25, 0.3) is 0 Å². The summed E-state index contributed by atoms with van der Waals surface area (Å²) < 4.78 is 19.5. The van der Waals surface area contributed by atoms with Gasteiger partial charge in [0.15, 0.2) is 29.4 Å². The van der Waals surface area contributed by atoms with E-state index in [1.165, 1.54) is 25.1 Å². The Kier molecular flexibility index (Phi) is 5.56. The molecular weight excluding hydrogens is 568 g/mol. The van der Waals surface area contributed by atoms with Gasteiger partial charge in [-0.2, -0.15) is 0 Å². The van der Waals surface area contributed by atoms with Crippen LogP contribution in [0.5, 0.6) is 11.5 Å². The minimum Gasteiger partial charge on any atom is -0.507 e. The second-order valence-electron chi connectivity index (χ2n) is 13.0. The van der Waals surface area contributed by atoms with Crippen molar-refractivity contribution in [2.75, 3.05) is 6.54 Å². The van der Waals surface area contributed by atoms with Gasteiger partial charge in [0.1, 0.15) is 29.0 Å². The lowest BCUT2D eigenvalue weighted by atomic mass is 9.69. The molecular formula is C33H32N2O9. The first kappa shape index (κ1) is 27.6. The number of aromatic hydroxyl groups is 2. The molecule has 4 heterocycles. The number of rotatable bonds is 3. The zero-order valence-electron chi connectivity index (χ0n) is 24.5. The summed E-state index contributed by atoms with van der Waals surface area (Å²) in [7, 11) is 0. The monoisotopic (exact) mass is 600 g/mol. The van der Waals surface area contributed by atoms with Gasteiger partial charge < -0.3 is 34.8 Å². The highest BCUT2D eigenvalue weighted by Gasteiger charge is 2.65. The quantitative estimate of drug-likeness (QED) is 0.351. The topological polar surface area (TPSA) is 164 Å². The number of nitrogens with zero attached hydrogens (tertiary/aromatic N) is 1. The third kappa shape index (κ3) is 3.46. The number of Topliss-reactive ketones (excluding diaryl/α,β-unsaturated/α-hetero) is 1. The van der Waals surface area contributed by atoms with Crippen molar-refractivity contribution in [3.8, 4) is 11.5 Å². The summed E-state index contributed by atoms with van der Waals surface area (Å²) >= 11 is 0. The highest BCUT2D eigenvalue weighted by Crippen LogP contribution is 2.63. The summed E-state index contributed by atoms with van der Waals surface area (Å²) in [5, 5.41) is 36.9. The van der Waals surface area contributed by atoms with Crippen LogP contribution in [0.15, 0.2) is 40.9 Å². The Hall–Kier alpha value is -3.90. The first-order valence-corrected chi connectivity index (χ1v) is 15.0. The lowest BCUT2D eigenvalue weighted by Crippen LogP contribution is -2.54. The molecule has 2 aromatic rings. The number of hydrogen-bond donors (Lipinski definition) is 4. The Balaban J connectivity index is 1.28. The number of carbonyl (C=O) groups is 3. The predicted molar refractivity (Wildman–Crippen MR) is 154 cm³/mol. The average Bonchev–Trinajstić information content (AvgIpc) is 3.61. The van der Waals surface area contributed by atoms with Gasteiger partial charge in [-0.3, -0.25) is 19.4 Å². The van der Waals surface area contributed by atoms with Gasteiger partial charge in [0, 0.05) is 35.6 Å². The summed E-state index contributed by atoms with van der Waals surface area (Å²) in [6.45, 7) is 5.52. The molecule has 228 valence electrons. The molecule has 2 aliphatic carbocycles. The van der Waals surface area contributed by atoms with Crippen LogP contribution in [0.25, 0.3) is 0 Å². The fourth-order valence-corrected chi connectivity index (χ4v) is 8.17. The van der Waals surface area contributed by atoms with Crippen molar-refractivity contribution < 1.29 is 43.9 Å². The third-order valence-electron chi connectivity index (χ3n) is 10.4. The Bertz CT molecular complexity index is 1780. The molecule has 2 fully saturated rings. The lowest BCUT2D eigenvalue weighted by Gasteiger charge is -2.44. The van der Waals surface area contributed by atoms with Crippen LogP contribution in [0.4, 0.5) is 0 Å². The van der Waals surface area contributed by atoms with E-state index in [-0.39, 0.29) is 52.4 Å². The largest absolute Gasteiger partial charge is 0.507 e. The molecule has 0 amide bonds. The van der Waals surface area contributed by atoms with E-state index in [4.69, 9.17) is 14.2 Å². The van der Waals surface area contributed by atoms with Crippen molar-refractivity contribution in [1.29, 1.82) is 0 Å². The number of nitrogens with one attached hydrogen (secondary N) is 1. The maximum Gasteiger partial charge on any atom is 0.198 e. The number of hydrogen-bond acceptors (Lipinski definition) is 11. The molecule has 0 radical (unpaired) electrons. The SMILES string of the molecule is CC(=O)C1(O)CCC(OC2c3cc4c(c(O)c3C3CC2(C)OC32C=C3CCN=C3N2)C(=O)c2cccc(O)c2C4=O)OC1C. The summed E-state index contributed by atoms with van der Waals surface area (Å²) in [6.07, 6.45) is 0.950.